The van der Waals surface area contributed by atoms with Crippen LogP contribution in [-0.4, -0.2) is 29.5 Å². The standard InChI is InChI=1S/C12H21N3O/c1-3-12(10-4-5-10)14-11-8-13-15(9-11)6-7-16-2/h8-10,12,14H,3-7H2,1-2H3. The molecule has 1 unspecified atom stereocenters. The zero-order valence-electron chi connectivity index (χ0n) is 10.1. The summed E-state index contributed by atoms with van der Waals surface area (Å²) in [6.07, 6.45) is 7.91. The highest BCUT2D eigenvalue weighted by Crippen LogP contribution is 2.35. The Hall–Kier alpha value is -1.03. The number of aromatic nitrogens is 2. The van der Waals surface area contributed by atoms with E-state index in [0.717, 1.165) is 18.2 Å². The van der Waals surface area contributed by atoms with E-state index in [4.69, 9.17) is 4.74 Å². The number of rotatable bonds is 7. The Labute approximate surface area is 97.0 Å². The molecule has 0 saturated heterocycles. The first-order valence-electron chi connectivity index (χ1n) is 6.11. The van der Waals surface area contributed by atoms with Crippen molar-refractivity contribution in [2.24, 2.45) is 5.92 Å². The van der Waals surface area contributed by atoms with Crippen LogP contribution in [0.2, 0.25) is 0 Å². The lowest BCUT2D eigenvalue weighted by molar-refractivity contribution is 0.183. The summed E-state index contributed by atoms with van der Waals surface area (Å²) >= 11 is 0. The van der Waals surface area contributed by atoms with Gasteiger partial charge in [-0.05, 0) is 25.2 Å². The van der Waals surface area contributed by atoms with Crippen molar-refractivity contribution >= 4 is 5.69 Å². The summed E-state index contributed by atoms with van der Waals surface area (Å²) in [5.74, 6) is 0.882. The molecule has 1 aromatic heterocycles. The number of anilines is 1. The van der Waals surface area contributed by atoms with Gasteiger partial charge < -0.3 is 10.1 Å². The molecular formula is C12H21N3O. The second kappa shape index (κ2) is 5.34. The molecule has 4 nitrogen and oxygen atoms in total. The zero-order chi connectivity index (χ0) is 11.4. The summed E-state index contributed by atoms with van der Waals surface area (Å²) in [4.78, 5) is 0. The first kappa shape index (κ1) is 11.5. The number of hydrogen-bond donors (Lipinski definition) is 1. The van der Waals surface area contributed by atoms with Crippen LogP contribution in [0.1, 0.15) is 26.2 Å². The van der Waals surface area contributed by atoms with E-state index in [9.17, 15) is 0 Å². The van der Waals surface area contributed by atoms with Crippen LogP contribution < -0.4 is 5.32 Å². The molecule has 1 aliphatic rings. The molecule has 4 heteroatoms. The second-order valence-electron chi connectivity index (χ2n) is 4.48. The second-order valence-corrected chi connectivity index (χ2v) is 4.48. The lowest BCUT2D eigenvalue weighted by atomic mass is 10.1. The molecule has 0 aliphatic heterocycles. The van der Waals surface area contributed by atoms with E-state index in [-0.39, 0.29) is 0 Å². The topological polar surface area (TPSA) is 39.1 Å². The van der Waals surface area contributed by atoms with Crippen molar-refractivity contribution in [3.63, 3.8) is 0 Å². The molecule has 1 aliphatic carbocycles. The Morgan fingerprint density at radius 3 is 3.06 bits per heavy atom. The van der Waals surface area contributed by atoms with Crippen molar-refractivity contribution in [2.45, 2.75) is 38.8 Å². The third-order valence-electron chi connectivity index (χ3n) is 3.14. The third-order valence-corrected chi connectivity index (χ3v) is 3.14. The maximum Gasteiger partial charge on any atom is 0.0728 e. The quantitative estimate of drug-likeness (QED) is 0.769. The highest BCUT2D eigenvalue weighted by molar-refractivity contribution is 5.39. The van der Waals surface area contributed by atoms with Crippen molar-refractivity contribution in [2.75, 3.05) is 19.0 Å². The fourth-order valence-corrected chi connectivity index (χ4v) is 2.01. The molecule has 16 heavy (non-hydrogen) atoms. The van der Waals surface area contributed by atoms with Crippen molar-refractivity contribution in [3.05, 3.63) is 12.4 Å². The van der Waals surface area contributed by atoms with E-state index in [2.05, 4.69) is 23.5 Å². The summed E-state index contributed by atoms with van der Waals surface area (Å²) in [6.45, 7) is 3.77. The van der Waals surface area contributed by atoms with Crippen LogP contribution in [0.15, 0.2) is 12.4 Å². The minimum atomic E-state index is 0.625. The molecule has 1 aromatic rings. The minimum Gasteiger partial charge on any atom is -0.383 e. The van der Waals surface area contributed by atoms with Gasteiger partial charge in [-0.1, -0.05) is 6.92 Å². The maximum atomic E-state index is 5.02. The van der Waals surface area contributed by atoms with Crippen LogP contribution in [0.3, 0.4) is 0 Å². The largest absolute Gasteiger partial charge is 0.383 e. The van der Waals surface area contributed by atoms with E-state index in [1.165, 1.54) is 19.3 Å². The molecular weight excluding hydrogens is 202 g/mol. The Kier molecular flexibility index (Phi) is 3.83. The predicted molar refractivity (Wildman–Crippen MR) is 64.5 cm³/mol. The van der Waals surface area contributed by atoms with Gasteiger partial charge in [-0.15, -0.1) is 0 Å². The van der Waals surface area contributed by atoms with Crippen LogP contribution in [0.5, 0.6) is 0 Å². The SMILES string of the molecule is CCC(Nc1cnn(CCOC)c1)C1CC1. The average molecular weight is 223 g/mol. The molecule has 1 heterocycles. The van der Waals surface area contributed by atoms with E-state index in [1.807, 2.05) is 10.9 Å². The van der Waals surface area contributed by atoms with Gasteiger partial charge in [0.05, 0.1) is 25.0 Å². The molecule has 0 radical (unpaired) electrons. The average Bonchev–Trinajstić information content (AvgIpc) is 3.04. The Morgan fingerprint density at radius 2 is 2.44 bits per heavy atom. The van der Waals surface area contributed by atoms with Gasteiger partial charge >= 0.3 is 0 Å². The van der Waals surface area contributed by atoms with Crippen molar-refractivity contribution < 1.29 is 4.74 Å². The van der Waals surface area contributed by atoms with Crippen molar-refractivity contribution in [1.29, 1.82) is 0 Å². The van der Waals surface area contributed by atoms with Crippen LogP contribution in [-0.2, 0) is 11.3 Å². The molecule has 1 N–H and O–H groups in total. The van der Waals surface area contributed by atoms with Gasteiger partial charge in [-0.2, -0.15) is 5.10 Å². The number of ether oxygens (including phenoxy) is 1. The monoisotopic (exact) mass is 223 g/mol. The number of nitrogens with one attached hydrogen (secondary N) is 1. The van der Waals surface area contributed by atoms with Gasteiger partial charge in [0.2, 0.25) is 0 Å². The maximum absolute atomic E-state index is 5.02. The predicted octanol–water partition coefficient (Wildman–Crippen LogP) is 2.13. The number of nitrogens with zero attached hydrogens (tertiary/aromatic N) is 2. The first-order chi connectivity index (χ1) is 7.83. The molecule has 1 saturated carbocycles. The van der Waals surface area contributed by atoms with Crippen molar-refractivity contribution in [3.8, 4) is 0 Å². The highest BCUT2D eigenvalue weighted by Gasteiger charge is 2.29. The van der Waals surface area contributed by atoms with Gasteiger partial charge in [0.1, 0.15) is 0 Å². The summed E-state index contributed by atoms with van der Waals surface area (Å²) in [5, 5.41) is 7.86. The van der Waals surface area contributed by atoms with Gasteiger partial charge in [-0.3, -0.25) is 4.68 Å². The molecule has 1 atom stereocenters. The van der Waals surface area contributed by atoms with Crippen molar-refractivity contribution in [1.82, 2.24) is 9.78 Å². The van der Waals surface area contributed by atoms with E-state index < -0.39 is 0 Å². The van der Waals surface area contributed by atoms with Crippen LogP contribution in [0, 0.1) is 5.92 Å². The first-order valence-corrected chi connectivity index (χ1v) is 6.11. The van der Waals surface area contributed by atoms with Gasteiger partial charge in [0.15, 0.2) is 0 Å². The number of hydrogen-bond acceptors (Lipinski definition) is 3. The lowest BCUT2D eigenvalue weighted by Gasteiger charge is -2.15. The fraction of sp³-hybridized carbons (Fsp3) is 0.750. The molecule has 90 valence electrons. The van der Waals surface area contributed by atoms with Gasteiger partial charge in [0, 0.05) is 19.3 Å². The Bertz CT molecular complexity index is 320. The third kappa shape index (κ3) is 2.98. The fourth-order valence-electron chi connectivity index (χ4n) is 2.01. The summed E-state index contributed by atoms with van der Waals surface area (Å²) in [6, 6.07) is 0.625. The summed E-state index contributed by atoms with van der Waals surface area (Å²) < 4.78 is 6.95. The number of methoxy groups -OCH3 is 1. The lowest BCUT2D eigenvalue weighted by Crippen LogP contribution is -2.20. The summed E-state index contributed by atoms with van der Waals surface area (Å²) in [5.41, 5.74) is 1.13. The molecule has 0 spiro atoms. The summed E-state index contributed by atoms with van der Waals surface area (Å²) in [7, 11) is 1.71. The normalized spacial score (nSPS) is 17.4. The molecule has 0 aromatic carbocycles. The zero-order valence-corrected chi connectivity index (χ0v) is 10.1. The van der Waals surface area contributed by atoms with E-state index in [0.29, 0.717) is 12.6 Å². The van der Waals surface area contributed by atoms with E-state index >= 15 is 0 Å². The van der Waals surface area contributed by atoms with Crippen LogP contribution in [0.25, 0.3) is 0 Å². The molecule has 0 bridgehead atoms. The highest BCUT2D eigenvalue weighted by atomic mass is 16.5. The van der Waals surface area contributed by atoms with Crippen LogP contribution >= 0.6 is 0 Å². The molecule has 2 rings (SSSR count). The molecule has 0 amide bonds. The van der Waals surface area contributed by atoms with Gasteiger partial charge in [0.25, 0.3) is 0 Å². The Morgan fingerprint density at radius 1 is 1.62 bits per heavy atom. The van der Waals surface area contributed by atoms with Gasteiger partial charge in [-0.25, -0.2) is 0 Å². The van der Waals surface area contributed by atoms with E-state index in [1.54, 1.807) is 7.11 Å². The Balaban J connectivity index is 1.85. The van der Waals surface area contributed by atoms with Crippen LogP contribution in [0.4, 0.5) is 5.69 Å². The minimum absolute atomic E-state index is 0.625. The smallest absolute Gasteiger partial charge is 0.0728 e. The molecule has 1 fully saturated rings.